The molecule has 0 aromatic heterocycles. The molecule has 1 aromatic rings. The highest BCUT2D eigenvalue weighted by Crippen LogP contribution is 2.21. The first-order valence-electron chi connectivity index (χ1n) is 8.04. The van der Waals surface area contributed by atoms with Crippen molar-refractivity contribution in [2.75, 3.05) is 26.2 Å². The molecule has 21 heavy (non-hydrogen) atoms. The summed E-state index contributed by atoms with van der Waals surface area (Å²) in [7, 11) is 0. The molecule has 3 unspecified atom stereocenters. The highest BCUT2D eigenvalue weighted by atomic mass is 16.5. The Bertz CT molecular complexity index is 430. The zero-order chi connectivity index (χ0) is 15.4. The number of aliphatic hydroxyl groups is 1. The van der Waals surface area contributed by atoms with E-state index < -0.39 is 6.10 Å². The summed E-state index contributed by atoms with van der Waals surface area (Å²) in [6.45, 7) is 12.0. The van der Waals surface area contributed by atoms with E-state index in [2.05, 4.69) is 38.7 Å². The third-order valence-electron chi connectivity index (χ3n) is 4.05. The predicted molar refractivity (Wildman–Crippen MR) is 86.8 cm³/mol. The number of benzene rings is 1. The van der Waals surface area contributed by atoms with Gasteiger partial charge in [0.1, 0.15) is 18.5 Å². The van der Waals surface area contributed by atoms with Crippen LogP contribution in [0, 0.1) is 25.7 Å². The van der Waals surface area contributed by atoms with Gasteiger partial charge < -0.3 is 14.7 Å². The number of aryl methyl sites for hydroxylation is 2. The van der Waals surface area contributed by atoms with Gasteiger partial charge >= 0.3 is 0 Å². The summed E-state index contributed by atoms with van der Waals surface area (Å²) in [5.41, 5.74) is 2.39. The van der Waals surface area contributed by atoms with Crippen LogP contribution in [0.4, 0.5) is 0 Å². The molecule has 0 spiro atoms. The molecule has 3 nitrogen and oxygen atoms in total. The van der Waals surface area contributed by atoms with Crippen LogP contribution in [-0.2, 0) is 0 Å². The van der Waals surface area contributed by atoms with Gasteiger partial charge in [-0.3, -0.25) is 0 Å². The van der Waals surface area contributed by atoms with Crippen molar-refractivity contribution in [1.82, 2.24) is 4.90 Å². The van der Waals surface area contributed by atoms with Crippen LogP contribution in [0.2, 0.25) is 0 Å². The zero-order valence-corrected chi connectivity index (χ0v) is 13.8. The summed E-state index contributed by atoms with van der Waals surface area (Å²) >= 11 is 0. The molecule has 1 aliphatic rings. The Labute approximate surface area is 128 Å². The third kappa shape index (κ3) is 5.33. The topological polar surface area (TPSA) is 32.7 Å². The maximum absolute atomic E-state index is 10.2. The van der Waals surface area contributed by atoms with Crippen LogP contribution in [0.25, 0.3) is 0 Å². The average Bonchev–Trinajstić information content (AvgIpc) is 2.34. The molecule has 3 heteroatoms. The Morgan fingerprint density at radius 3 is 2.29 bits per heavy atom. The number of ether oxygens (including phenoxy) is 1. The second-order valence-corrected chi connectivity index (χ2v) is 6.95. The normalized spacial score (nSPS) is 24.8. The molecular formula is C18H29NO2. The second kappa shape index (κ2) is 7.28. The van der Waals surface area contributed by atoms with Gasteiger partial charge in [0.2, 0.25) is 0 Å². The van der Waals surface area contributed by atoms with Crippen molar-refractivity contribution in [3.63, 3.8) is 0 Å². The highest BCUT2D eigenvalue weighted by Gasteiger charge is 2.23. The predicted octanol–water partition coefficient (Wildman–Crippen LogP) is 3.02. The maximum atomic E-state index is 10.2. The fraction of sp³-hybridized carbons (Fsp3) is 0.667. The van der Waals surface area contributed by atoms with Gasteiger partial charge in [-0.2, -0.15) is 0 Å². The molecule has 1 heterocycles. The number of aliphatic hydroxyl groups excluding tert-OH is 1. The number of rotatable bonds is 5. The molecule has 0 aliphatic carbocycles. The Balaban J connectivity index is 1.80. The molecule has 1 aromatic carbocycles. The van der Waals surface area contributed by atoms with E-state index in [9.17, 15) is 5.11 Å². The highest BCUT2D eigenvalue weighted by molar-refractivity contribution is 5.32. The van der Waals surface area contributed by atoms with Gasteiger partial charge in [-0.15, -0.1) is 0 Å². The van der Waals surface area contributed by atoms with Crippen LogP contribution >= 0.6 is 0 Å². The van der Waals surface area contributed by atoms with Gasteiger partial charge in [0.25, 0.3) is 0 Å². The first kappa shape index (κ1) is 16.3. The minimum atomic E-state index is -0.427. The van der Waals surface area contributed by atoms with Crippen LogP contribution in [0.5, 0.6) is 5.75 Å². The second-order valence-electron chi connectivity index (χ2n) is 6.95. The van der Waals surface area contributed by atoms with Crippen LogP contribution in [0.1, 0.15) is 31.4 Å². The Morgan fingerprint density at radius 1 is 1.14 bits per heavy atom. The summed E-state index contributed by atoms with van der Waals surface area (Å²) in [6.07, 6.45) is 0.870. The van der Waals surface area contributed by atoms with Crippen LogP contribution in [0.15, 0.2) is 18.2 Å². The van der Waals surface area contributed by atoms with E-state index in [-0.39, 0.29) is 0 Å². The first-order valence-corrected chi connectivity index (χ1v) is 8.04. The monoisotopic (exact) mass is 291 g/mol. The standard InChI is InChI=1S/C18H29NO2/c1-13-5-14(2)8-18(7-13)21-12-17(20)11-19-9-15(3)6-16(4)10-19/h5,7-8,15-17,20H,6,9-12H2,1-4H3. The number of β-amino-alcohol motifs (C(OH)–C–C–N with tert-alkyl or cyclic N) is 1. The summed E-state index contributed by atoms with van der Waals surface area (Å²) in [4.78, 5) is 2.37. The van der Waals surface area contributed by atoms with Crippen molar-refractivity contribution in [2.24, 2.45) is 11.8 Å². The van der Waals surface area contributed by atoms with Gasteiger partial charge in [0.15, 0.2) is 0 Å². The van der Waals surface area contributed by atoms with E-state index in [1.807, 2.05) is 12.1 Å². The summed E-state index contributed by atoms with van der Waals surface area (Å²) < 4.78 is 5.75. The molecule has 0 bridgehead atoms. The Hall–Kier alpha value is -1.06. The van der Waals surface area contributed by atoms with Crippen LogP contribution in [-0.4, -0.2) is 42.4 Å². The van der Waals surface area contributed by atoms with Crippen molar-refractivity contribution in [3.8, 4) is 5.75 Å². The van der Waals surface area contributed by atoms with Gasteiger partial charge in [-0.05, 0) is 55.4 Å². The number of piperidine rings is 1. The van der Waals surface area contributed by atoms with E-state index in [1.54, 1.807) is 0 Å². The molecule has 118 valence electrons. The molecule has 3 atom stereocenters. The lowest BCUT2D eigenvalue weighted by Crippen LogP contribution is -2.44. The minimum Gasteiger partial charge on any atom is -0.491 e. The van der Waals surface area contributed by atoms with Crippen molar-refractivity contribution >= 4 is 0 Å². The van der Waals surface area contributed by atoms with E-state index in [0.717, 1.165) is 30.7 Å². The first-order chi connectivity index (χ1) is 9.92. The van der Waals surface area contributed by atoms with Gasteiger partial charge in [-0.25, -0.2) is 0 Å². The fourth-order valence-electron chi connectivity index (χ4n) is 3.50. The molecule has 0 amide bonds. The summed E-state index contributed by atoms with van der Waals surface area (Å²) in [5.74, 6) is 2.30. The van der Waals surface area contributed by atoms with E-state index in [4.69, 9.17) is 4.74 Å². The smallest absolute Gasteiger partial charge is 0.119 e. The van der Waals surface area contributed by atoms with Gasteiger partial charge in [0.05, 0.1) is 0 Å². The third-order valence-corrected chi connectivity index (χ3v) is 4.05. The number of hydrogen-bond acceptors (Lipinski definition) is 3. The number of nitrogens with zero attached hydrogens (tertiary/aromatic N) is 1. The van der Waals surface area contributed by atoms with Crippen molar-refractivity contribution < 1.29 is 9.84 Å². The molecule has 1 fully saturated rings. The fourth-order valence-corrected chi connectivity index (χ4v) is 3.50. The lowest BCUT2D eigenvalue weighted by Gasteiger charge is -2.35. The van der Waals surface area contributed by atoms with E-state index in [0.29, 0.717) is 13.2 Å². The summed E-state index contributed by atoms with van der Waals surface area (Å²) in [5, 5.41) is 10.2. The van der Waals surface area contributed by atoms with Crippen LogP contribution < -0.4 is 4.74 Å². The quantitative estimate of drug-likeness (QED) is 0.905. The molecule has 1 saturated heterocycles. The van der Waals surface area contributed by atoms with Crippen molar-refractivity contribution in [2.45, 2.75) is 40.2 Å². The maximum Gasteiger partial charge on any atom is 0.119 e. The Morgan fingerprint density at radius 2 is 1.71 bits per heavy atom. The van der Waals surface area contributed by atoms with E-state index in [1.165, 1.54) is 17.5 Å². The SMILES string of the molecule is Cc1cc(C)cc(OCC(O)CN2CC(C)CC(C)C2)c1. The molecule has 0 radical (unpaired) electrons. The van der Waals surface area contributed by atoms with Crippen LogP contribution in [0.3, 0.4) is 0 Å². The minimum absolute atomic E-state index is 0.363. The number of hydrogen-bond donors (Lipinski definition) is 1. The summed E-state index contributed by atoms with van der Waals surface area (Å²) in [6, 6.07) is 6.16. The lowest BCUT2D eigenvalue weighted by atomic mass is 9.92. The van der Waals surface area contributed by atoms with E-state index >= 15 is 0 Å². The molecular weight excluding hydrogens is 262 g/mol. The largest absolute Gasteiger partial charge is 0.491 e. The van der Waals surface area contributed by atoms with Crippen molar-refractivity contribution in [1.29, 1.82) is 0 Å². The molecule has 1 N–H and O–H groups in total. The van der Waals surface area contributed by atoms with Gasteiger partial charge in [-0.1, -0.05) is 19.9 Å². The molecule has 0 saturated carbocycles. The number of likely N-dealkylation sites (tertiary alicyclic amines) is 1. The molecule has 2 rings (SSSR count). The van der Waals surface area contributed by atoms with Crippen molar-refractivity contribution in [3.05, 3.63) is 29.3 Å². The molecule has 1 aliphatic heterocycles. The lowest BCUT2D eigenvalue weighted by molar-refractivity contribution is 0.0428. The zero-order valence-electron chi connectivity index (χ0n) is 13.8. The average molecular weight is 291 g/mol. The Kier molecular flexibility index (Phi) is 5.65. The van der Waals surface area contributed by atoms with Gasteiger partial charge in [0, 0.05) is 19.6 Å².